The normalized spacial score (nSPS) is 10.2. The smallest absolute Gasteiger partial charge is 0.164 e. The molecule has 2 aromatic carbocycles. The number of aryl methyl sites for hydroxylation is 1. The molecule has 0 spiro atoms. The van der Waals surface area contributed by atoms with E-state index in [1.54, 1.807) is 12.1 Å². The van der Waals surface area contributed by atoms with E-state index in [4.69, 9.17) is 0 Å². The zero-order valence-electron chi connectivity index (χ0n) is 10.8. The SMILES string of the molecule is Cc1ccc(C(=O)CCNc2ccc(F)cc2)cc1. The highest BCUT2D eigenvalue weighted by molar-refractivity contribution is 5.96. The number of halogens is 1. The molecule has 0 aromatic heterocycles. The first-order valence-corrected chi connectivity index (χ1v) is 6.24. The van der Waals surface area contributed by atoms with Gasteiger partial charge in [0, 0.05) is 24.2 Å². The molecular formula is C16H16FNO. The van der Waals surface area contributed by atoms with Gasteiger partial charge in [-0.3, -0.25) is 4.79 Å². The van der Waals surface area contributed by atoms with Crippen LogP contribution in [0.1, 0.15) is 22.3 Å². The Bertz CT molecular complexity index is 546. The van der Waals surface area contributed by atoms with Gasteiger partial charge in [0.2, 0.25) is 0 Å². The average molecular weight is 257 g/mol. The number of hydrogen-bond acceptors (Lipinski definition) is 2. The lowest BCUT2D eigenvalue weighted by Gasteiger charge is -2.06. The Hall–Kier alpha value is -2.16. The minimum Gasteiger partial charge on any atom is -0.385 e. The van der Waals surface area contributed by atoms with Gasteiger partial charge >= 0.3 is 0 Å². The molecule has 0 radical (unpaired) electrons. The van der Waals surface area contributed by atoms with Gasteiger partial charge in [-0.2, -0.15) is 0 Å². The summed E-state index contributed by atoms with van der Waals surface area (Å²) in [7, 11) is 0. The number of carbonyl (C=O) groups excluding carboxylic acids is 1. The maximum atomic E-state index is 12.7. The summed E-state index contributed by atoms with van der Waals surface area (Å²) in [5, 5.41) is 3.10. The molecule has 0 bridgehead atoms. The highest BCUT2D eigenvalue weighted by atomic mass is 19.1. The number of hydrogen-bond donors (Lipinski definition) is 1. The van der Waals surface area contributed by atoms with Gasteiger partial charge in [0.05, 0.1) is 0 Å². The van der Waals surface area contributed by atoms with Gasteiger partial charge in [0.15, 0.2) is 5.78 Å². The molecule has 2 rings (SSSR count). The van der Waals surface area contributed by atoms with Crippen molar-refractivity contribution in [3.8, 4) is 0 Å². The lowest BCUT2D eigenvalue weighted by atomic mass is 10.1. The fourth-order valence-corrected chi connectivity index (χ4v) is 1.77. The van der Waals surface area contributed by atoms with Gasteiger partial charge in [-0.15, -0.1) is 0 Å². The van der Waals surface area contributed by atoms with Crippen LogP contribution in [0.25, 0.3) is 0 Å². The summed E-state index contributed by atoms with van der Waals surface area (Å²) in [6.07, 6.45) is 0.417. The molecule has 0 fully saturated rings. The second kappa shape index (κ2) is 6.14. The van der Waals surface area contributed by atoms with Crippen molar-refractivity contribution in [3.63, 3.8) is 0 Å². The molecule has 19 heavy (non-hydrogen) atoms. The first-order chi connectivity index (χ1) is 9.15. The Morgan fingerprint density at radius 3 is 2.32 bits per heavy atom. The number of Topliss-reactive ketones (excluding diaryl/α,β-unsaturated/α-hetero) is 1. The molecular weight excluding hydrogens is 241 g/mol. The number of nitrogens with one attached hydrogen (secondary N) is 1. The topological polar surface area (TPSA) is 29.1 Å². The maximum Gasteiger partial charge on any atom is 0.164 e. The van der Waals surface area contributed by atoms with Crippen molar-refractivity contribution in [1.82, 2.24) is 0 Å². The zero-order chi connectivity index (χ0) is 13.7. The molecule has 0 heterocycles. The van der Waals surface area contributed by atoms with E-state index in [0.29, 0.717) is 13.0 Å². The summed E-state index contributed by atoms with van der Waals surface area (Å²) in [6.45, 7) is 2.53. The van der Waals surface area contributed by atoms with Crippen molar-refractivity contribution in [2.45, 2.75) is 13.3 Å². The van der Waals surface area contributed by atoms with Crippen LogP contribution in [0.3, 0.4) is 0 Å². The van der Waals surface area contributed by atoms with Crippen LogP contribution in [0.4, 0.5) is 10.1 Å². The molecule has 0 aliphatic heterocycles. The van der Waals surface area contributed by atoms with Crippen molar-refractivity contribution in [1.29, 1.82) is 0 Å². The van der Waals surface area contributed by atoms with Crippen LogP contribution in [-0.4, -0.2) is 12.3 Å². The molecule has 0 amide bonds. The molecule has 0 saturated carbocycles. The number of ketones is 1. The molecule has 0 unspecified atom stereocenters. The van der Waals surface area contributed by atoms with Gasteiger partial charge in [0.1, 0.15) is 5.82 Å². The molecule has 0 atom stereocenters. The van der Waals surface area contributed by atoms with Gasteiger partial charge in [-0.05, 0) is 31.2 Å². The molecule has 0 saturated heterocycles. The van der Waals surface area contributed by atoms with Crippen LogP contribution in [0.15, 0.2) is 48.5 Å². The van der Waals surface area contributed by atoms with E-state index in [1.807, 2.05) is 31.2 Å². The monoisotopic (exact) mass is 257 g/mol. The summed E-state index contributed by atoms with van der Waals surface area (Å²) in [6, 6.07) is 13.7. The summed E-state index contributed by atoms with van der Waals surface area (Å²) in [4.78, 5) is 11.9. The molecule has 0 aliphatic rings. The van der Waals surface area contributed by atoms with Gasteiger partial charge in [0.25, 0.3) is 0 Å². The lowest BCUT2D eigenvalue weighted by molar-refractivity contribution is 0.0986. The van der Waals surface area contributed by atoms with E-state index in [2.05, 4.69) is 5.32 Å². The van der Waals surface area contributed by atoms with Gasteiger partial charge < -0.3 is 5.32 Å². The van der Waals surface area contributed by atoms with Crippen molar-refractivity contribution >= 4 is 11.5 Å². The Morgan fingerprint density at radius 1 is 1.05 bits per heavy atom. The number of carbonyl (C=O) groups is 1. The minimum atomic E-state index is -0.263. The second-order valence-electron chi connectivity index (χ2n) is 4.47. The minimum absolute atomic E-state index is 0.106. The van der Waals surface area contributed by atoms with Crippen molar-refractivity contribution in [2.75, 3.05) is 11.9 Å². The first-order valence-electron chi connectivity index (χ1n) is 6.24. The third-order valence-corrected chi connectivity index (χ3v) is 2.90. The number of benzene rings is 2. The number of anilines is 1. The van der Waals surface area contributed by atoms with E-state index in [1.165, 1.54) is 12.1 Å². The Labute approximate surface area is 112 Å². The molecule has 98 valence electrons. The van der Waals surface area contributed by atoms with Gasteiger partial charge in [-0.1, -0.05) is 29.8 Å². The van der Waals surface area contributed by atoms with E-state index in [9.17, 15) is 9.18 Å². The third-order valence-electron chi connectivity index (χ3n) is 2.90. The van der Waals surface area contributed by atoms with Crippen LogP contribution in [0, 0.1) is 12.7 Å². The predicted octanol–water partition coefficient (Wildman–Crippen LogP) is 3.82. The summed E-state index contributed by atoms with van der Waals surface area (Å²) >= 11 is 0. The molecule has 0 aliphatic carbocycles. The predicted molar refractivity (Wildman–Crippen MR) is 75.0 cm³/mol. The van der Waals surface area contributed by atoms with Crippen LogP contribution >= 0.6 is 0 Å². The molecule has 3 heteroatoms. The van der Waals surface area contributed by atoms with Crippen LogP contribution < -0.4 is 5.32 Å². The molecule has 2 aromatic rings. The van der Waals surface area contributed by atoms with E-state index >= 15 is 0 Å². The molecule has 2 nitrogen and oxygen atoms in total. The van der Waals surface area contributed by atoms with Crippen molar-refractivity contribution in [2.24, 2.45) is 0 Å². The largest absolute Gasteiger partial charge is 0.385 e. The third kappa shape index (κ3) is 3.91. The summed E-state index contributed by atoms with van der Waals surface area (Å²) in [5.41, 5.74) is 2.69. The average Bonchev–Trinajstić information content (AvgIpc) is 2.41. The zero-order valence-corrected chi connectivity index (χ0v) is 10.8. The summed E-state index contributed by atoms with van der Waals surface area (Å²) < 4.78 is 12.7. The van der Waals surface area contributed by atoms with E-state index < -0.39 is 0 Å². The quantitative estimate of drug-likeness (QED) is 0.825. The Morgan fingerprint density at radius 2 is 1.68 bits per heavy atom. The van der Waals surface area contributed by atoms with Crippen LogP contribution in [0.5, 0.6) is 0 Å². The van der Waals surface area contributed by atoms with Crippen LogP contribution in [0.2, 0.25) is 0 Å². The van der Waals surface area contributed by atoms with Gasteiger partial charge in [-0.25, -0.2) is 4.39 Å². The molecule has 1 N–H and O–H groups in total. The van der Waals surface area contributed by atoms with Crippen molar-refractivity contribution in [3.05, 3.63) is 65.5 Å². The fourth-order valence-electron chi connectivity index (χ4n) is 1.77. The summed E-state index contributed by atoms with van der Waals surface area (Å²) in [5.74, 6) is -0.157. The fraction of sp³-hybridized carbons (Fsp3) is 0.188. The van der Waals surface area contributed by atoms with Crippen LogP contribution in [-0.2, 0) is 0 Å². The Kier molecular flexibility index (Phi) is 4.29. The second-order valence-corrected chi connectivity index (χ2v) is 4.47. The highest BCUT2D eigenvalue weighted by Crippen LogP contribution is 2.09. The standard InChI is InChI=1S/C16H16FNO/c1-12-2-4-13(5-3-12)16(19)10-11-18-15-8-6-14(17)7-9-15/h2-9,18H,10-11H2,1H3. The number of rotatable bonds is 5. The highest BCUT2D eigenvalue weighted by Gasteiger charge is 2.04. The van der Waals surface area contributed by atoms with Crippen molar-refractivity contribution < 1.29 is 9.18 Å². The lowest BCUT2D eigenvalue weighted by Crippen LogP contribution is -2.08. The van der Waals surface area contributed by atoms with E-state index in [-0.39, 0.29) is 11.6 Å². The Balaban J connectivity index is 1.84. The first kappa shape index (κ1) is 13.3. The maximum absolute atomic E-state index is 12.7. The van der Waals surface area contributed by atoms with E-state index in [0.717, 1.165) is 16.8 Å².